The number of rotatable bonds is 4. The van der Waals surface area contributed by atoms with Crippen LogP contribution in [0.3, 0.4) is 0 Å². The molecule has 1 heterocycles. The molecule has 0 aliphatic rings. The molecule has 1 aromatic carbocycles. The molecule has 0 saturated carbocycles. The van der Waals surface area contributed by atoms with Crippen LogP contribution in [-0.2, 0) is 12.7 Å². The first-order chi connectivity index (χ1) is 9.50. The van der Waals surface area contributed by atoms with E-state index in [2.05, 4.69) is 4.98 Å². The fourth-order valence-corrected chi connectivity index (χ4v) is 2.54. The number of hydrogen-bond acceptors (Lipinski definition) is 3. The van der Waals surface area contributed by atoms with Gasteiger partial charge in [-0.05, 0) is 18.2 Å². The molecule has 0 atom stereocenters. The molecule has 0 unspecified atom stereocenters. The highest BCUT2D eigenvalue weighted by atomic mass is 32.2. The Bertz CT molecular complexity index is 615. The molecule has 0 spiro atoms. The molecule has 0 radical (unpaired) electrons. The highest BCUT2D eigenvalue weighted by molar-refractivity contribution is 7.99. The second kappa shape index (κ2) is 6.01. The maximum Gasteiger partial charge on any atom is 0.417 e. The van der Waals surface area contributed by atoms with E-state index in [0.717, 1.165) is 6.07 Å². The zero-order valence-corrected chi connectivity index (χ0v) is 11.1. The van der Waals surface area contributed by atoms with Crippen molar-refractivity contribution in [1.82, 2.24) is 9.55 Å². The molecule has 0 fully saturated rings. The largest absolute Gasteiger partial charge is 0.417 e. The summed E-state index contributed by atoms with van der Waals surface area (Å²) in [6, 6.07) is 5.34. The van der Waals surface area contributed by atoms with Crippen molar-refractivity contribution >= 4 is 11.8 Å². The summed E-state index contributed by atoms with van der Waals surface area (Å²) in [5.41, 5.74) is -1.23. The number of nitrogens with zero attached hydrogens (tertiary/aromatic N) is 3. The Hall–Kier alpha value is -1.94. The first-order valence-electron chi connectivity index (χ1n) is 5.70. The topological polar surface area (TPSA) is 41.6 Å². The third-order valence-electron chi connectivity index (χ3n) is 2.59. The number of hydrogen-bond donors (Lipinski definition) is 0. The van der Waals surface area contributed by atoms with Gasteiger partial charge in [0.05, 0.1) is 23.5 Å². The van der Waals surface area contributed by atoms with E-state index in [1.165, 1.54) is 23.9 Å². The van der Waals surface area contributed by atoms with Crippen LogP contribution in [0.1, 0.15) is 11.1 Å². The summed E-state index contributed by atoms with van der Waals surface area (Å²) < 4.78 is 40.2. The fraction of sp³-hybridized carbons (Fsp3) is 0.231. The lowest BCUT2D eigenvalue weighted by Crippen LogP contribution is -2.08. The number of aryl methyl sites for hydroxylation is 1. The third kappa shape index (κ3) is 3.54. The van der Waals surface area contributed by atoms with E-state index in [1.807, 2.05) is 4.57 Å². The Morgan fingerprint density at radius 3 is 2.75 bits per heavy atom. The van der Waals surface area contributed by atoms with Crippen molar-refractivity contribution < 1.29 is 13.2 Å². The van der Waals surface area contributed by atoms with Gasteiger partial charge in [-0.25, -0.2) is 4.98 Å². The fourth-order valence-electron chi connectivity index (χ4n) is 1.63. The second-order valence-electron chi connectivity index (χ2n) is 3.97. The van der Waals surface area contributed by atoms with Gasteiger partial charge in [0.15, 0.2) is 0 Å². The van der Waals surface area contributed by atoms with Gasteiger partial charge in [0.2, 0.25) is 0 Å². The van der Waals surface area contributed by atoms with Crippen LogP contribution in [0.5, 0.6) is 0 Å². The molecule has 1 aromatic heterocycles. The number of aromatic nitrogens is 2. The Kier molecular flexibility index (Phi) is 4.35. The van der Waals surface area contributed by atoms with Crippen LogP contribution in [-0.4, -0.2) is 15.3 Å². The molecule has 0 bridgehead atoms. The highest BCUT2D eigenvalue weighted by Gasteiger charge is 2.33. The minimum Gasteiger partial charge on any atom is -0.337 e. The van der Waals surface area contributed by atoms with Crippen molar-refractivity contribution in [3.63, 3.8) is 0 Å². The van der Waals surface area contributed by atoms with Crippen molar-refractivity contribution in [3.05, 3.63) is 48.0 Å². The summed E-state index contributed by atoms with van der Waals surface area (Å²) in [6.45, 7) is 0.659. The molecule has 20 heavy (non-hydrogen) atoms. The van der Waals surface area contributed by atoms with Gasteiger partial charge in [0.25, 0.3) is 0 Å². The van der Waals surface area contributed by atoms with E-state index in [-0.39, 0.29) is 5.56 Å². The van der Waals surface area contributed by atoms with E-state index in [4.69, 9.17) is 5.26 Å². The third-order valence-corrected chi connectivity index (χ3v) is 3.57. The summed E-state index contributed by atoms with van der Waals surface area (Å²) in [6.07, 6.45) is 0.584. The maximum atomic E-state index is 12.8. The van der Waals surface area contributed by atoms with Crippen molar-refractivity contribution in [2.45, 2.75) is 17.6 Å². The van der Waals surface area contributed by atoms with E-state index in [0.29, 0.717) is 17.2 Å². The summed E-state index contributed by atoms with van der Waals surface area (Å²) in [5, 5.41) is 8.71. The van der Waals surface area contributed by atoms with Gasteiger partial charge < -0.3 is 4.57 Å². The minimum atomic E-state index is -4.51. The van der Waals surface area contributed by atoms with Crippen LogP contribution in [0.2, 0.25) is 0 Å². The van der Waals surface area contributed by atoms with Gasteiger partial charge in [-0.1, -0.05) is 0 Å². The molecule has 0 N–H and O–H groups in total. The van der Waals surface area contributed by atoms with Crippen LogP contribution < -0.4 is 0 Å². The lowest BCUT2D eigenvalue weighted by atomic mass is 10.1. The van der Waals surface area contributed by atoms with Crippen molar-refractivity contribution in [3.8, 4) is 6.07 Å². The second-order valence-corrected chi connectivity index (χ2v) is 5.13. The summed E-state index contributed by atoms with van der Waals surface area (Å²) >= 11 is 1.31. The average molecular weight is 297 g/mol. The number of benzene rings is 1. The number of imidazole rings is 1. The first kappa shape index (κ1) is 14.5. The smallest absolute Gasteiger partial charge is 0.337 e. The number of halogens is 3. The van der Waals surface area contributed by atoms with E-state index >= 15 is 0 Å². The van der Waals surface area contributed by atoms with Crippen LogP contribution in [0.25, 0.3) is 0 Å². The zero-order valence-electron chi connectivity index (χ0n) is 10.3. The van der Waals surface area contributed by atoms with E-state index < -0.39 is 11.7 Å². The summed E-state index contributed by atoms with van der Waals surface area (Å²) in [4.78, 5) is 4.38. The van der Waals surface area contributed by atoms with Gasteiger partial charge in [0.1, 0.15) is 0 Å². The van der Waals surface area contributed by atoms with Crippen LogP contribution in [0.15, 0.2) is 41.8 Å². The van der Waals surface area contributed by atoms with Crippen molar-refractivity contribution in [2.24, 2.45) is 0 Å². The predicted molar refractivity (Wildman–Crippen MR) is 69.1 cm³/mol. The van der Waals surface area contributed by atoms with Crippen molar-refractivity contribution in [1.29, 1.82) is 5.26 Å². The standard InChI is InChI=1S/C13H10F3N3S/c14-13(15,16)12-7-11(2-1-10(12)8-17)20-6-5-19-4-3-18-9-19/h1-4,7,9H,5-6H2. The molecule has 3 nitrogen and oxygen atoms in total. The lowest BCUT2D eigenvalue weighted by Gasteiger charge is -2.10. The van der Waals surface area contributed by atoms with E-state index in [1.54, 1.807) is 24.8 Å². The molecule has 0 aliphatic carbocycles. The number of nitriles is 1. The Morgan fingerprint density at radius 1 is 1.35 bits per heavy atom. The summed E-state index contributed by atoms with van der Waals surface area (Å²) in [7, 11) is 0. The van der Waals surface area contributed by atoms with Gasteiger partial charge in [0, 0.05) is 29.6 Å². The molecule has 0 aliphatic heterocycles. The summed E-state index contributed by atoms with van der Waals surface area (Å²) in [5.74, 6) is 0.625. The number of alkyl halides is 3. The molecule has 2 rings (SSSR count). The monoisotopic (exact) mass is 297 g/mol. The normalized spacial score (nSPS) is 11.3. The minimum absolute atomic E-state index is 0.351. The molecule has 0 amide bonds. The molecule has 104 valence electrons. The van der Waals surface area contributed by atoms with Crippen LogP contribution >= 0.6 is 11.8 Å². The first-order valence-corrected chi connectivity index (χ1v) is 6.69. The predicted octanol–water partition coefficient (Wildman–Crippen LogP) is 3.57. The lowest BCUT2D eigenvalue weighted by molar-refractivity contribution is -0.137. The van der Waals surface area contributed by atoms with Crippen LogP contribution in [0, 0.1) is 11.3 Å². The Balaban J connectivity index is 2.07. The van der Waals surface area contributed by atoms with Gasteiger partial charge in [-0.2, -0.15) is 18.4 Å². The zero-order chi connectivity index (χ0) is 14.6. The molecular weight excluding hydrogens is 287 g/mol. The Morgan fingerprint density at radius 2 is 2.15 bits per heavy atom. The molecule has 2 aromatic rings. The SMILES string of the molecule is N#Cc1ccc(SCCn2ccnc2)cc1C(F)(F)F. The van der Waals surface area contributed by atoms with E-state index in [9.17, 15) is 13.2 Å². The molecular formula is C13H10F3N3S. The van der Waals surface area contributed by atoms with Gasteiger partial charge >= 0.3 is 6.18 Å². The van der Waals surface area contributed by atoms with Crippen molar-refractivity contribution in [2.75, 3.05) is 5.75 Å². The Labute approximate surface area is 118 Å². The van der Waals surface area contributed by atoms with Crippen LogP contribution in [0.4, 0.5) is 13.2 Å². The average Bonchev–Trinajstić information content (AvgIpc) is 2.91. The van der Waals surface area contributed by atoms with Gasteiger partial charge in [-0.15, -0.1) is 11.8 Å². The quantitative estimate of drug-likeness (QED) is 0.810. The molecule has 0 saturated heterocycles. The molecule has 7 heteroatoms. The van der Waals surface area contributed by atoms with Gasteiger partial charge in [-0.3, -0.25) is 0 Å². The number of thioether (sulfide) groups is 1. The highest BCUT2D eigenvalue weighted by Crippen LogP contribution is 2.34. The maximum absolute atomic E-state index is 12.8.